The minimum atomic E-state index is -0.972. The third kappa shape index (κ3) is 2.53. The Balaban J connectivity index is 1.69. The number of amides is 1. The summed E-state index contributed by atoms with van der Waals surface area (Å²) in [6.45, 7) is 0.979. The Morgan fingerprint density at radius 3 is 2.55 bits per heavy atom. The predicted molar refractivity (Wildman–Crippen MR) is 80.1 cm³/mol. The second-order valence-electron chi connectivity index (χ2n) is 6.11. The first-order valence-corrected chi connectivity index (χ1v) is 7.79. The minimum absolute atomic E-state index is 0.0653. The molecule has 1 unspecified atom stereocenters. The highest BCUT2D eigenvalue weighted by atomic mass is 16.4. The van der Waals surface area contributed by atoms with Crippen LogP contribution in [-0.2, 0) is 15.1 Å². The number of hydrogen-bond donors (Lipinski definition) is 1. The molecule has 1 aliphatic heterocycles. The van der Waals surface area contributed by atoms with Gasteiger partial charge >= 0.3 is 5.97 Å². The smallest absolute Gasteiger partial charge is 0.330 e. The van der Waals surface area contributed by atoms with Crippen molar-refractivity contribution in [2.75, 3.05) is 13.1 Å². The van der Waals surface area contributed by atoms with Gasteiger partial charge in [-0.2, -0.15) is 0 Å². The highest BCUT2D eigenvalue weighted by molar-refractivity contribution is 5.81. The number of imidazole rings is 1. The number of piperidine rings is 1. The first-order chi connectivity index (χ1) is 10.6. The third-order valence-corrected chi connectivity index (χ3v) is 4.92. The van der Waals surface area contributed by atoms with Crippen LogP contribution in [0.5, 0.6) is 0 Å². The molecule has 2 heterocycles. The number of carboxylic acids is 1. The zero-order valence-electron chi connectivity index (χ0n) is 12.5. The maximum absolute atomic E-state index is 12.5. The molecule has 0 saturated carbocycles. The lowest BCUT2D eigenvalue weighted by Gasteiger charge is -2.40. The lowest BCUT2D eigenvalue weighted by molar-refractivity contribution is -0.153. The van der Waals surface area contributed by atoms with E-state index in [1.54, 1.807) is 23.3 Å². The van der Waals surface area contributed by atoms with Gasteiger partial charge in [-0.05, 0) is 32.1 Å². The number of nitrogens with zero attached hydrogens (tertiary/aromatic N) is 3. The highest BCUT2D eigenvalue weighted by Crippen LogP contribution is 2.32. The molecule has 1 N–H and O–H groups in total. The van der Waals surface area contributed by atoms with Gasteiger partial charge in [-0.3, -0.25) is 4.79 Å². The number of carboxylic acid groups (broad SMARTS) is 1. The van der Waals surface area contributed by atoms with E-state index in [9.17, 15) is 14.7 Å². The predicted octanol–water partition coefficient (Wildman–Crippen LogP) is 1.64. The molecule has 1 aromatic rings. The Hall–Kier alpha value is -2.11. The first-order valence-electron chi connectivity index (χ1n) is 7.79. The summed E-state index contributed by atoms with van der Waals surface area (Å²) in [7, 11) is 0. The van der Waals surface area contributed by atoms with Gasteiger partial charge in [0, 0.05) is 31.4 Å². The van der Waals surface area contributed by atoms with Gasteiger partial charge in [-0.25, -0.2) is 9.78 Å². The van der Waals surface area contributed by atoms with Crippen LogP contribution < -0.4 is 0 Å². The summed E-state index contributed by atoms with van der Waals surface area (Å²) in [5.74, 6) is -0.609. The summed E-state index contributed by atoms with van der Waals surface area (Å²) in [5.41, 5.74) is -0.972. The zero-order valence-corrected chi connectivity index (χ0v) is 12.5. The van der Waals surface area contributed by atoms with Crippen LogP contribution in [0.25, 0.3) is 0 Å². The quantitative estimate of drug-likeness (QED) is 0.861. The molecule has 0 spiro atoms. The van der Waals surface area contributed by atoms with E-state index in [1.165, 1.54) is 0 Å². The molecule has 0 radical (unpaired) electrons. The third-order valence-electron chi connectivity index (χ3n) is 4.92. The SMILES string of the molecule is O=C(C1CC=CCC1)N1CCC(C(=O)O)(n2ccnc2)CC1. The summed E-state index contributed by atoms with van der Waals surface area (Å²) < 4.78 is 1.67. The van der Waals surface area contributed by atoms with Crippen molar-refractivity contribution in [2.45, 2.75) is 37.6 Å². The van der Waals surface area contributed by atoms with Crippen molar-refractivity contribution in [3.8, 4) is 0 Å². The fraction of sp³-hybridized carbons (Fsp3) is 0.562. The van der Waals surface area contributed by atoms with E-state index in [2.05, 4.69) is 17.1 Å². The van der Waals surface area contributed by atoms with Crippen molar-refractivity contribution >= 4 is 11.9 Å². The largest absolute Gasteiger partial charge is 0.479 e. The average Bonchev–Trinajstić information content (AvgIpc) is 3.10. The number of hydrogen-bond acceptors (Lipinski definition) is 3. The molecule has 1 aliphatic carbocycles. The van der Waals surface area contributed by atoms with Gasteiger partial charge in [0.2, 0.25) is 5.91 Å². The van der Waals surface area contributed by atoms with Crippen LogP contribution in [0.15, 0.2) is 30.9 Å². The summed E-state index contributed by atoms with van der Waals surface area (Å²) in [6, 6.07) is 0. The number of aromatic nitrogens is 2. The standard InChI is InChI=1S/C16H21N3O3/c20-14(13-4-2-1-3-5-13)18-9-6-16(7-10-18,15(21)22)19-11-8-17-12-19/h1-2,8,11-13H,3-7,9-10H2,(H,21,22). The molecule has 2 aliphatic rings. The van der Waals surface area contributed by atoms with E-state index in [0.29, 0.717) is 25.9 Å². The van der Waals surface area contributed by atoms with Crippen molar-refractivity contribution in [3.05, 3.63) is 30.9 Å². The van der Waals surface area contributed by atoms with Crippen LogP contribution in [0.3, 0.4) is 0 Å². The van der Waals surface area contributed by atoms with Crippen LogP contribution in [0.2, 0.25) is 0 Å². The molecule has 1 aromatic heterocycles. The van der Waals surface area contributed by atoms with Gasteiger partial charge in [0.15, 0.2) is 0 Å². The zero-order chi connectivity index (χ0) is 15.6. The first kappa shape index (κ1) is 14.8. The molecule has 0 aromatic carbocycles. The van der Waals surface area contributed by atoms with Crippen molar-refractivity contribution < 1.29 is 14.7 Å². The molecule has 3 rings (SSSR count). The van der Waals surface area contributed by atoms with Crippen molar-refractivity contribution in [1.29, 1.82) is 0 Å². The Kier molecular flexibility index (Phi) is 4.00. The van der Waals surface area contributed by atoms with E-state index in [0.717, 1.165) is 19.3 Å². The minimum Gasteiger partial charge on any atom is -0.479 e. The van der Waals surface area contributed by atoms with E-state index in [1.807, 2.05) is 4.90 Å². The molecule has 118 valence electrons. The maximum Gasteiger partial charge on any atom is 0.330 e. The van der Waals surface area contributed by atoms with Crippen LogP contribution in [0.4, 0.5) is 0 Å². The molecule has 1 amide bonds. The molecular formula is C16H21N3O3. The summed E-state index contributed by atoms with van der Waals surface area (Å²) in [5, 5.41) is 9.67. The van der Waals surface area contributed by atoms with Gasteiger partial charge in [0.05, 0.1) is 6.33 Å². The second kappa shape index (κ2) is 5.94. The van der Waals surface area contributed by atoms with E-state index >= 15 is 0 Å². The van der Waals surface area contributed by atoms with Gasteiger partial charge in [0.1, 0.15) is 5.54 Å². The summed E-state index contributed by atoms with van der Waals surface area (Å²) in [4.78, 5) is 30.1. The molecule has 1 fully saturated rings. The highest BCUT2D eigenvalue weighted by Gasteiger charge is 2.44. The van der Waals surface area contributed by atoms with Crippen LogP contribution in [0.1, 0.15) is 32.1 Å². The van der Waals surface area contributed by atoms with E-state index in [-0.39, 0.29) is 11.8 Å². The number of rotatable bonds is 3. The second-order valence-corrected chi connectivity index (χ2v) is 6.11. The summed E-state index contributed by atoms with van der Waals surface area (Å²) >= 11 is 0. The van der Waals surface area contributed by atoms with Gasteiger partial charge in [-0.15, -0.1) is 0 Å². The van der Waals surface area contributed by atoms with E-state index < -0.39 is 11.5 Å². The lowest BCUT2D eigenvalue weighted by Crippen LogP contribution is -2.53. The fourth-order valence-electron chi connectivity index (χ4n) is 3.47. The number of allylic oxidation sites excluding steroid dienone is 2. The molecular weight excluding hydrogens is 282 g/mol. The van der Waals surface area contributed by atoms with Crippen molar-refractivity contribution in [3.63, 3.8) is 0 Å². The fourth-order valence-corrected chi connectivity index (χ4v) is 3.47. The van der Waals surface area contributed by atoms with Crippen LogP contribution >= 0.6 is 0 Å². The molecule has 1 saturated heterocycles. The number of carbonyl (C=O) groups is 2. The molecule has 6 heteroatoms. The Bertz CT molecular complexity index is 571. The normalized spacial score (nSPS) is 24.2. The number of aliphatic carboxylic acids is 1. The van der Waals surface area contributed by atoms with Gasteiger partial charge in [-0.1, -0.05) is 12.2 Å². The molecule has 6 nitrogen and oxygen atoms in total. The average molecular weight is 303 g/mol. The van der Waals surface area contributed by atoms with Crippen LogP contribution in [0, 0.1) is 5.92 Å². The van der Waals surface area contributed by atoms with Crippen molar-refractivity contribution in [1.82, 2.24) is 14.5 Å². The number of likely N-dealkylation sites (tertiary alicyclic amines) is 1. The monoisotopic (exact) mass is 303 g/mol. The Labute approximate surface area is 129 Å². The summed E-state index contributed by atoms with van der Waals surface area (Å²) in [6.07, 6.45) is 12.5. The Morgan fingerprint density at radius 1 is 1.23 bits per heavy atom. The molecule has 0 bridgehead atoms. The van der Waals surface area contributed by atoms with Crippen LogP contribution in [-0.4, -0.2) is 44.5 Å². The topological polar surface area (TPSA) is 75.4 Å². The molecule has 22 heavy (non-hydrogen) atoms. The molecule has 1 atom stereocenters. The maximum atomic E-state index is 12.5. The van der Waals surface area contributed by atoms with Gasteiger partial charge in [0.25, 0.3) is 0 Å². The van der Waals surface area contributed by atoms with E-state index in [4.69, 9.17) is 0 Å². The Morgan fingerprint density at radius 2 is 2.00 bits per heavy atom. The van der Waals surface area contributed by atoms with Crippen molar-refractivity contribution in [2.24, 2.45) is 5.92 Å². The number of carbonyl (C=O) groups excluding carboxylic acids is 1. The lowest BCUT2D eigenvalue weighted by atomic mass is 9.85. The van der Waals surface area contributed by atoms with Gasteiger partial charge < -0.3 is 14.6 Å².